The summed E-state index contributed by atoms with van der Waals surface area (Å²) in [6, 6.07) is 0. The molecule has 0 amide bonds. The lowest BCUT2D eigenvalue weighted by Crippen LogP contribution is -2.29. The molecule has 0 spiro atoms. The highest BCUT2D eigenvalue weighted by Gasteiger charge is 2.33. The van der Waals surface area contributed by atoms with Gasteiger partial charge in [-0.3, -0.25) is 0 Å². The molecule has 0 aliphatic heterocycles. The molecule has 0 aromatic heterocycles. The first-order valence-corrected chi connectivity index (χ1v) is 15.7. The molecule has 0 heteroatoms. The minimum absolute atomic E-state index is 0.290. The van der Waals surface area contributed by atoms with E-state index < -0.39 is 0 Å². The summed E-state index contributed by atoms with van der Waals surface area (Å²) in [7, 11) is 0. The molecule has 222 valence electrons. The zero-order valence-corrected chi connectivity index (χ0v) is 28.1. The average Bonchev–Trinajstić information content (AvgIpc) is 2.84. The minimum Gasteiger partial charge on any atom is -0.0821 e. The quantitative estimate of drug-likeness (QED) is 0.187. The molecule has 0 bridgehead atoms. The summed E-state index contributed by atoms with van der Waals surface area (Å²) in [5.74, 6) is 1.19. The Balaban J connectivity index is 1.89. The van der Waals surface area contributed by atoms with Gasteiger partial charge in [-0.1, -0.05) is 159 Å². The lowest BCUT2D eigenvalue weighted by Gasteiger charge is -2.39. The van der Waals surface area contributed by atoms with Crippen molar-refractivity contribution in [2.24, 2.45) is 22.7 Å². The molecule has 0 aromatic carbocycles. The molecule has 2 unspecified atom stereocenters. The number of rotatable bonds is 10. The molecular formula is C41H58. The van der Waals surface area contributed by atoms with Crippen molar-refractivity contribution in [3.63, 3.8) is 0 Å². The Hall–Kier alpha value is -2.86. The Labute approximate surface area is 254 Å². The Morgan fingerprint density at radius 2 is 1.24 bits per heavy atom. The predicted octanol–water partition coefficient (Wildman–Crippen LogP) is 12.7. The summed E-state index contributed by atoms with van der Waals surface area (Å²) in [6.07, 6.45) is 38.4. The molecule has 2 rings (SSSR count). The molecule has 0 aromatic rings. The van der Waals surface area contributed by atoms with Crippen LogP contribution in [0.5, 0.6) is 0 Å². The van der Waals surface area contributed by atoms with Crippen molar-refractivity contribution in [2.45, 2.75) is 102 Å². The van der Waals surface area contributed by atoms with E-state index in [-0.39, 0.29) is 0 Å². The van der Waals surface area contributed by atoms with Crippen LogP contribution in [-0.4, -0.2) is 0 Å². The van der Waals surface area contributed by atoms with Gasteiger partial charge in [0, 0.05) is 5.92 Å². The van der Waals surface area contributed by atoms with Gasteiger partial charge in [0.25, 0.3) is 0 Å². The number of hydrogen-bond acceptors (Lipinski definition) is 0. The van der Waals surface area contributed by atoms with Gasteiger partial charge >= 0.3 is 0 Å². The predicted molar refractivity (Wildman–Crippen MR) is 186 cm³/mol. The van der Waals surface area contributed by atoms with E-state index in [0.29, 0.717) is 22.7 Å². The van der Waals surface area contributed by atoms with Crippen LogP contribution >= 0.6 is 0 Å². The van der Waals surface area contributed by atoms with Crippen molar-refractivity contribution in [1.29, 1.82) is 0 Å². The standard InChI is InChI=1S/C41H58/c1-31(19-14-21-33(3)24-26-38-36(6)23-16-28-40(38,8)9)17-12-13-18-32(2)20-15-22-34(4)25-27-39-37(7)29-35(5)30-41(39,10)11/h12-15,17-22,24-27,29,35,39H,16,23,28,30H2,1-11H3/b13-12+,19-14+,20-15+,26-24+,27-25+,31-17+,32-18+,33-21+,34-22+. The van der Waals surface area contributed by atoms with Gasteiger partial charge in [-0.2, -0.15) is 0 Å². The second-order valence-electron chi connectivity index (χ2n) is 13.9. The van der Waals surface area contributed by atoms with Gasteiger partial charge in [-0.25, -0.2) is 0 Å². The maximum absolute atomic E-state index is 2.45. The molecule has 0 N–H and O–H groups in total. The van der Waals surface area contributed by atoms with E-state index in [1.807, 2.05) is 0 Å². The van der Waals surface area contributed by atoms with Gasteiger partial charge in [0.05, 0.1) is 0 Å². The Morgan fingerprint density at radius 3 is 1.78 bits per heavy atom. The molecular weight excluding hydrogens is 492 g/mol. The second kappa shape index (κ2) is 16.0. The molecule has 2 atom stereocenters. The van der Waals surface area contributed by atoms with E-state index in [1.165, 1.54) is 59.1 Å². The van der Waals surface area contributed by atoms with E-state index >= 15 is 0 Å². The Morgan fingerprint density at radius 1 is 0.732 bits per heavy atom. The summed E-state index contributed by atoms with van der Waals surface area (Å²) in [4.78, 5) is 0. The largest absolute Gasteiger partial charge is 0.0821 e. The van der Waals surface area contributed by atoms with Crippen molar-refractivity contribution < 1.29 is 0 Å². The molecule has 2 aliphatic rings. The van der Waals surface area contributed by atoms with Crippen LogP contribution in [0.15, 0.2) is 130 Å². The molecule has 0 nitrogen and oxygen atoms in total. The van der Waals surface area contributed by atoms with Gasteiger partial charge in [-0.15, -0.1) is 0 Å². The monoisotopic (exact) mass is 550 g/mol. The smallest absolute Gasteiger partial charge is 0.00287 e. The third kappa shape index (κ3) is 11.9. The van der Waals surface area contributed by atoms with Crippen molar-refractivity contribution in [3.05, 3.63) is 130 Å². The highest BCUT2D eigenvalue weighted by atomic mass is 14.4. The van der Waals surface area contributed by atoms with E-state index in [0.717, 1.165) is 0 Å². The zero-order valence-electron chi connectivity index (χ0n) is 28.1. The fraction of sp³-hybridized carbons (Fsp3) is 0.463. The van der Waals surface area contributed by atoms with Crippen LogP contribution in [0, 0.1) is 22.7 Å². The van der Waals surface area contributed by atoms with Crippen LogP contribution in [0.2, 0.25) is 0 Å². The first-order valence-electron chi connectivity index (χ1n) is 15.7. The molecule has 0 radical (unpaired) electrons. The second-order valence-corrected chi connectivity index (χ2v) is 13.9. The van der Waals surface area contributed by atoms with Crippen molar-refractivity contribution in [1.82, 2.24) is 0 Å². The minimum atomic E-state index is 0.290. The van der Waals surface area contributed by atoms with Crippen LogP contribution in [0.4, 0.5) is 0 Å². The normalized spacial score (nSPS) is 25.1. The van der Waals surface area contributed by atoms with Gasteiger partial charge in [0.2, 0.25) is 0 Å². The SMILES string of the molecule is CC1=CC(C)CC(C)(C)C1/C=C/C(C)=C/C=C/C(C)=C/C=C/C=C(C)/C=C/C=C(C)/C=C/C1=C(C)CCCC1(C)C. The Bertz CT molecular complexity index is 1230. The van der Waals surface area contributed by atoms with Gasteiger partial charge in [-0.05, 0) is 89.5 Å². The molecule has 2 aliphatic carbocycles. The molecule has 41 heavy (non-hydrogen) atoms. The van der Waals surface area contributed by atoms with Crippen LogP contribution < -0.4 is 0 Å². The van der Waals surface area contributed by atoms with Crippen LogP contribution in [0.3, 0.4) is 0 Å². The highest BCUT2D eigenvalue weighted by Crippen LogP contribution is 2.44. The molecule has 0 saturated carbocycles. The van der Waals surface area contributed by atoms with Crippen molar-refractivity contribution in [2.75, 3.05) is 0 Å². The van der Waals surface area contributed by atoms with Gasteiger partial charge in [0.15, 0.2) is 0 Å². The highest BCUT2D eigenvalue weighted by molar-refractivity contribution is 5.37. The first-order chi connectivity index (χ1) is 19.2. The fourth-order valence-corrected chi connectivity index (χ4v) is 6.41. The summed E-state index contributed by atoms with van der Waals surface area (Å²) in [5.41, 5.74) is 10.2. The number of hydrogen-bond donors (Lipinski definition) is 0. The molecule has 0 heterocycles. The zero-order chi connectivity index (χ0) is 30.6. The fourth-order valence-electron chi connectivity index (χ4n) is 6.41. The summed E-state index contributed by atoms with van der Waals surface area (Å²) >= 11 is 0. The maximum Gasteiger partial charge on any atom is 0.00287 e. The van der Waals surface area contributed by atoms with Crippen LogP contribution in [0.25, 0.3) is 0 Å². The summed E-state index contributed by atoms with van der Waals surface area (Å²) in [5, 5.41) is 0. The Kier molecular flexibility index (Phi) is 13.4. The van der Waals surface area contributed by atoms with Crippen molar-refractivity contribution in [3.8, 4) is 0 Å². The van der Waals surface area contributed by atoms with E-state index in [2.05, 4.69) is 167 Å². The first kappa shape index (κ1) is 34.3. The van der Waals surface area contributed by atoms with Gasteiger partial charge < -0.3 is 0 Å². The van der Waals surface area contributed by atoms with E-state index in [9.17, 15) is 0 Å². The van der Waals surface area contributed by atoms with E-state index in [4.69, 9.17) is 0 Å². The third-order valence-electron chi connectivity index (χ3n) is 8.60. The topological polar surface area (TPSA) is 0 Å². The molecule has 0 saturated heterocycles. The molecule has 0 fully saturated rings. The van der Waals surface area contributed by atoms with E-state index in [1.54, 1.807) is 5.57 Å². The van der Waals surface area contributed by atoms with Crippen LogP contribution in [-0.2, 0) is 0 Å². The average molecular weight is 551 g/mol. The lowest BCUT2D eigenvalue weighted by molar-refractivity contribution is 0.223. The lowest BCUT2D eigenvalue weighted by atomic mass is 9.66. The maximum atomic E-state index is 2.45. The third-order valence-corrected chi connectivity index (χ3v) is 8.60. The summed E-state index contributed by atoms with van der Waals surface area (Å²) in [6.45, 7) is 25.1. The van der Waals surface area contributed by atoms with Crippen molar-refractivity contribution >= 4 is 0 Å². The number of allylic oxidation sites excluding steroid dienone is 22. The summed E-state index contributed by atoms with van der Waals surface area (Å²) < 4.78 is 0. The van der Waals surface area contributed by atoms with Crippen LogP contribution in [0.1, 0.15) is 102 Å². The van der Waals surface area contributed by atoms with Gasteiger partial charge in [0.1, 0.15) is 0 Å².